The number of benzene rings is 2. The van der Waals surface area contributed by atoms with Gasteiger partial charge in [-0.2, -0.15) is 0 Å². The van der Waals surface area contributed by atoms with Crippen LogP contribution in [0.15, 0.2) is 53.4 Å². The minimum absolute atomic E-state index is 0.112. The fourth-order valence-electron chi connectivity index (χ4n) is 2.49. The van der Waals surface area contributed by atoms with Gasteiger partial charge in [0.1, 0.15) is 0 Å². The van der Waals surface area contributed by atoms with Crippen LogP contribution < -0.4 is 10.6 Å². The van der Waals surface area contributed by atoms with E-state index in [0.717, 1.165) is 20.8 Å². The van der Waals surface area contributed by atoms with Gasteiger partial charge in [-0.3, -0.25) is 9.59 Å². The fourth-order valence-corrected chi connectivity index (χ4v) is 4.48. The molecule has 0 fully saturated rings. The van der Waals surface area contributed by atoms with Crippen molar-refractivity contribution in [1.29, 1.82) is 0 Å². The SMILES string of the molecule is O=C(C[C@H]1Sc2ccccc2NC1=O)Nc1nc2ccccc2s1. The van der Waals surface area contributed by atoms with Crippen molar-refractivity contribution in [3.63, 3.8) is 0 Å². The molecule has 0 aliphatic carbocycles. The second kappa shape index (κ2) is 6.26. The molecule has 3 aromatic rings. The Kier molecular flexibility index (Phi) is 3.95. The summed E-state index contributed by atoms with van der Waals surface area (Å²) in [5.74, 6) is -0.348. The highest BCUT2D eigenvalue weighted by molar-refractivity contribution is 8.01. The van der Waals surface area contributed by atoms with Gasteiger partial charge in [0.2, 0.25) is 11.8 Å². The van der Waals surface area contributed by atoms with Gasteiger partial charge in [0.05, 0.1) is 21.2 Å². The van der Waals surface area contributed by atoms with Crippen LogP contribution in [0.5, 0.6) is 0 Å². The molecule has 1 atom stereocenters. The Morgan fingerprint density at radius 1 is 1.17 bits per heavy atom. The van der Waals surface area contributed by atoms with Crippen molar-refractivity contribution in [2.24, 2.45) is 0 Å². The summed E-state index contributed by atoms with van der Waals surface area (Å²) < 4.78 is 1.02. The van der Waals surface area contributed by atoms with Crippen molar-refractivity contribution in [3.05, 3.63) is 48.5 Å². The average molecular weight is 355 g/mol. The van der Waals surface area contributed by atoms with Crippen LogP contribution in [-0.4, -0.2) is 22.0 Å². The maximum atomic E-state index is 12.3. The Morgan fingerprint density at radius 3 is 2.83 bits per heavy atom. The summed E-state index contributed by atoms with van der Waals surface area (Å²) in [4.78, 5) is 29.8. The minimum atomic E-state index is -0.436. The molecule has 1 aliphatic heterocycles. The van der Waals surface area contributed by atoms with Crippen LogP contribution in [0.4, 0.5) is 10.8 Å². The van der Waals surface area contributed by atoms with Gasteiger partial charge in [0.15, 0.2) is 5.13 Å². The predicted octanol–water partition coefficient (Wildman–Crippen LogP) is 3.74. The molecule has 2 N–H and O–H groups in total. The van der Waals surface area contributed by atoms with Crippen LogP contribution in [0.2, 0.25) is 0 Å². The summed E-state index contributed by atoms with van der Waals surface area (Å²) in [6.45, 7) is 0. The lowest BCUT2D eigenvalue weighted by atomic mass is 10.2. The van der Waals surface area contributed by atoms with E-state index in [1.807, 2.05) is 48.5 Å². The molecule has 0 radical (unpaired) electrons. The van der Waals surface area contributed by atoms with E-state index >= 15 is 0 Å². The van der Waals surface area contributed by atoms with Gasteiger partial charge in [-0.1, -0.05) is 35.6 Å². The molecule has 1 aromatic heterocycles. The zero-order valence-corrected chi connectivity index (χ0v) is 14.1. The van der Waals surface area contributed by atoms with Gasteiger partial charge in [-0.15, -0.1) is 11.8 Å². The number of nitrogens with zero attached hydrogens (tertiary/aromatic N) is 1. The summed E-state index contributed by atoms with van der Waals surface area (Å²) in [5, 5.41) is 5.77. The number of carbonyl (C=O) groups is 2. The first kappa shape index (κ1) is 15.2. The number of carbonyl (C=O) groups excluding carboxylic acids is 2. The molecule has 0 saturated heterocycles. The molecule has 2 amide bonds. The third-order valence-corrected chi connectivity index (χ3v) is 5.84. The van der Waals surface area contributed by atoms with Crippen LogP contribution in [0.1, 0.15) is 6.42 Å². The lowest BCUT2D eigenvalue weighted by Gasteiger charge is -2.23. The fraction of sp³-hybridized carbons (Fsp3) is 0.118. The van der Waals surface area contributed by atoms with E-state index in [0.29, 0.717) is 5.13 Å². The molecule has 2 heterocycles. The van der Waals surface area contributed by atoms with E-state index in [1.54, 1.807) is 0 Å². The van der Waals surface area contributed by atoms with E-state index in [2.05, 4.69) is 15.6 Å². The van der Waals surface area contributed by atoms with Gasteiger partial charge in [-0.05, 0) is 24.3 Å². The van der Waals surface area contributed by atoms with Crippen molar-refractivity contribution in [1.82, 2.24) is 4.98 Å². The molecule has 0 bridgehead atoms. The molecule has 7 heteroatoms. The summed E-state index contributed by atoms with van der Waals surface area (Å²) in [6, 6.07) is 15.3. The van der Waals surface area contributed by atoms with Gasteiger partial charge in [-0.25, -0.2) is 4.98 Å². The van der Waals surface area contributed by atoms with E-state index in [9.17, 15) is 9.59 Å². The number of aromatic nitrogens is 1. The van der Waals surface area contributed by atoms with Crippen molar-refractivity contribution in [2.75, 3.05) is 10.6 Å². The van der Waals surface area contributed by atoms with Crippen molar-refractivity contribution in [2.45, 2.75) is 16.6 Å². The Morgan fingerprint density at radius 2 is 1.96 bits per heavy atom. The maximum Gasteiger partial charge on any atom is 0.238 e. The number of para-hydroxylation sites is 2. The second-order valence-electron chi connectivity index (χ2n) is 5.33. The van der Waals surface area contributed by atoms with E-state index in [-0.39, 0.29) is 18.2 Å². The van der Waals surface area contributed by atoms with E-state index in [4.69, 9.17) is 0 Å². The number of rotatable bonds is 3. The smallest absolute Gasteiger partial charge is 0.238 e. The average Bonchev–Trinajstić information content (AvgIpc) is 2.97. The number of anilines is 2. The number of thiazole rings is 1. The Balaban J connectivity index is 1.45. The number of hydrogen-bond acceptors (Lipinski definition) is 5. The summed E-state index contributed by atoms with van der Waals surface area (Å²) in [6.07, 6.45) is 0.112. The highest BCUT2D eigenvalue weighted by atomic mass is 32.2. The highest BCUT2D eigenvalue weighted by Crippen LogP contribution is 2.36. The molecule has 4 rings (SSSR count). The van der Waals surface area contributed by atoms with Gasteiger partial charge in [0, 0.05) is 11.3 Å². The number of amides is 2. The quantitative estimate of drug-likeness (QED) is 0.751. The lowest BCUT2D eigenvalue weighted by molar-refractivity contribution is -0.120. The zero-order chi connectivity index (χ0) is 16.5. The second-order valence-corrected chi connectivity index (χ2v) is 7.61. The highest BCUT2D eigenvalue weighted by Gasteiger charge is 2.29. The first-order valence-corrected chi connectivity index (χ1v) is 9.10. The molecule has 0 spiro atoms. The molecular formula is C17H13N3O2S2. The molecule has 5 nitrogen and oxygen atoms in total. The monoisotopic (exact) mass is 355 g/mol. The molecule has 120 valence electrons. The number of nitrogens with one attached hydrogen (secondary N) is 2. The summed E-state index contributed by atoms with van der Waals surface area (Å²) >= 11 is 2.85. The largest absolute Gasteiger partial charge is 0.324 e. The molecule has 24 heavy (non-hydrogen) atoms. The van der Waals surface area contributed by atoms with Gasteiger partial charge in [0.25, 0.3) is 0 Å². The number of fused-ring (bicyclic) bond motifs is 2. The van der Waals surface area contributed by atoms with E-state index < -0.39 is 5.25 Å². The van der Waals surface area contributed by atoms with Crippen molar-refractivity contribution >= 4 is 55.9 Å². The van der Waals surface area contributed by atoms with Crippen molar-refractivity contribution in [3.8, 4) is 0 Å². The van der Waals surface area contributed by atoms with E-state index in [1.165, 1.54) is 23.1 Å². The van der Waals surface area contributed by atoms with Crippen LogP contribution in [0.25, 0.3) is 10.2 Å². The van der Waals surface area contributed by atoms with Gasteiger partial charge < -0.3 is 10.6 Å². The predicted molar refractivity (Wildman–Crippen MR) is 97.6 cm³/mol. The van der Waals surface area contributed by atoms with Crippen LogP contribution >= 0.6 is 23.1 Å². The topological polar surface area (TPSA) is 71.1 Å². The molecule has 2 aromatic carbocycles. The van der Waals surface area contributed by atoms with Crippen LogP contribution in [-0.2, 0) is 9.59 Å². The Hall–Kier alpha value is -2.38. The Bertz CT molecular complexity index is 905. The minimum Gasteiger partial charge on any atom is -0.324 e. The lowest BCUT2D eigenvalue weighted by Crippen LogP contribution is -2.32. The molecule has 0 unspecified atom stereocenters. The standard InChI is InChI=1S/C17H13N3O2S2/c21-15(20-17-19-11-6-2-4-8-13(11)24-17)9-14-16(22)18-10-5-1-3-7-12(10)23-14/h1-8,14H,9H2,(H,18,22)(H,19,20,21)/t14-/m1/s1. The zero-order valence-electron chi connectivity index (χ0n) is 12.5. The molecule has 1 aliphatic rings. The number of hydrogen-bond donors (Lipinski definition) is 2. The first-order chi connectivity index (χ1) is 11.7. The summed E-state index contributed by atoms with van der Waals surface area (Å²) in [7, 11) is 0. The van der Waals surface area contributed by atoms with Crippen molar-refractivity contribution < 1.29 is 9.59 Å². The Labute approximate surface area is 146 Å². The normalized spacial score (nSPS) is 16.5. The number of thioether (sulfide) groups is 1. The van der Waals surface area contributed by atoms with Crippen LogP contribution in [0.3, 0.4) is 0 Å². The van der Waals surface area contributed by atoms with Gasteiger partial charge >= 0.3 is 0 Å². The molecular weight excluding hydrogens is 342 g/mol. The third-order valence-electron chi connectivity index (χ3n) is 3.62. The summed E-state index contributed by atoms with van der Waals surface area (Å²) in [5.41, 5.74) is 1.66. The third kappa shape index (κ3) is 3.00. The van der Waals surface area contributed by atoms with Crippen LogP contribution in [0, 0.1) is 0 Å². The first-order valence-electron chi connectivity index (χ1n) is 7.41. The molecule has 0 saturated carbocycles. The maximum absolute atomic E-state index is 12.3.